The van der Waals surface area contributed by atoms with Crippen LogP contribution < -0.4 is 5.56 Å². The van der Waals surface area contributed by atoms with Gasteiger partial charge in [-0.1, -0.05) is 42.5 Å². The second-order valence-corrected chi connectivity index (χ2v) is 5.46. The number of ether oxygens (including phenoxy) is 1. The summed E-state index contributed by atoms with van der Waals surface area (Å²) in [6.45, 7) is 0. The number of aromatic nitrogens is 1. The van der Waals surface area contributed by atoms with Gasteiger partial charge in [0.25, 0.3) is 5.56 Å². The number of esters is 1. The fraction of sp³-hybridized carbons (Fsp3) is 0.158. The molecule has 0 saturated carbocycles. The molecule has 23 heavy (non-hydrogen) atoms. The molecule has 3 aromatic rings. The van der Waals surface area contributed by atoms with Gasteiger partial charge < -0.3 is 9.72 Å². The third-order valence-corrected chi connectivity index (χ3v) is 3.82. The number of carbonyl (C=O) groups is 1. The summed E-state index contributed by atoms with van der Waals surface area (Å²) in [7, 11) is 1.38. The summed E-state index contributed by atoms with van der Waals surface area (Å²) in [5.74, 6) is -0.260. The lowest BCUT2D eigenvalue weighted by Crippen LogP contribution is -2.12. The lowest BCUT2D eigenvalue weighted by atomic mass is 10.0. The van der Waals surface area contributed by atoms with Gasteiger partial charge in [0.15, 0.2) is 0 Å². The zero-order valence-electron chi connectivity index (χ0n) is 12.8. The van der Waals surface area contributed by atoms with Gasteiger partial charge in [0.05, 0.1) is 13.5 Å². The average molecular weight is 307 g/mol. The summed E-state index contributed by atoms with van der Waals surface area (Å²) in [5, 5.41) is 1.02. The van der Waals surface area contributed by atoms with Gasteiger partial charge in [-0.15, -0.1) is 0 Å². The van der Waals surface area contributed by atoms with E-state index in [4.69, 9.17) is 0 Å². The summed E-state index contributed by atoms with van der Waals surface area (Å²) in [6.07, 6.45) is 0.812. The molecule has 4 nitrogen and oxygen atoms in total. The van der Waals surface area contributed by atoms with Crippen LogP contribution in [0.15, 0.2) is 59.4 Å². The summed E-state index contributed by atoms with van der Waals surface area (Å²) in [5.41, 5.74) is 3.42. The Hall–Kier alpha value is -2.88. The fourth-order valence-corrected chi connectivity index (χ4v) is 2.56. The van der Waals surface area contributed by atoms with Gasteiger partial charge in [-0.2, -0.15) is 0 Å². The third kappa shape index (κ3) is 3.48. The van der Waals surface area contributed by atoms with Crippen LogP contribution in [-0.2, 0) is 22.4 Å². The second-order valence-electron chi connectivity index (χ2n) is 5.46. The first-order valence-electron chi connectivity index (χ1n) is 7.41. The molecular formula is C19H17NO3. The normalized spacial score (nSPS) is 10.7. The van der Waals surface area contributed by atoms with Crippen LogP contribution in [0.25, 0.3) is 10.9 Å². The number of rotatable bonds is 4. The largest absolute Gasteiger partial charge is 0.469 e. The van der Waals surface area contributed by atoms with E-state index in [-0.39, 0.29) is 17.9 Å². The molecule has 1 N–H and O–H groups in total. The molecule has 0 saturated heterocycles. The lowest BCUT2D eigenvalue weighted by molar-refractivity contribution is -0.139. The molecule has 0 aliphatic rings. The monoisotopic (exact) mass is 307 g/mol. The Morgan fingerprint density at radius 1 is 1.04 bits per heavy atom. The minimum absolute atomic E-state index is 0.0673. The Bertz CT molecular complexity index is 894. The number of para-hydroxylation sites is 1. The number of benzene rings is 2. The van der Waals surface area contributed by atoms with Crippen LogP contribution in [0, 0.1) is 0 Å². The van der Waals surface area contributed by atoms with Crippen molar-refractivity contribution in [2.75, 3.05) is 7.11 Å². The number of methoxy groups -OCH3 is 1. The number of fused-ring (bicyclic) bond motifs is 1. The van der Waals surface area contributed by atoms with E-state index >= 15 is 0 Å². The zero-order chi connectivity index (χ0) is 16.2. The Kier molecular flexibility index (Phi) is 4.24. The molecule has 1 heterocycles. The molecule has 0 unspecified atom stereocenters. The van der Waals surface area contributed by atoms with Crippen molar-refractivity contribution in [3.05, 3.63) is 81.6 Å². The number of hydrogen-bond acceptors (Lipinski definition) is 3. The molecule has 2 aromatic carbocycles. The van der Waals surface area contributed by atoms with Gasteiger partial charge in [-0.05, 0) is 28.6 Å². The molecule has 0 fully saturated rings. The maximum Gasteiger partial charge on any atom is 0.309 e. The van der Waals surface area contributed by atoms with E-state index in [0.29, 0.717) is 6.42 Å². The third-order valence-electron chi connectivity index (χ3n) is 3.82. The minimum Gasteiger partial charge on any atom is -0.469 e. The van der Waals surface area contributed by atoms with Crippen LogP contribution in [0.1, 0.15) is 16.7 Å². The molecule has 0 bridgehead atoms. The molecule has 3 rings (SSSR count). The number of pyridine rings is 1. The summed E-state index contributed by atoms with van der Waals surface area (Å²) in [4.78, 5) is 26.3. The standard InChI is InChI=1S/C19H17NO3/c1-23-18(21)11-14-8-6-13(7-9-14)10-16-12-15-4-2-3-5-17(15)20-19(16)22/h2-9,12H,10-11H2,1H3,(H,20,22). The molecular weight excluding hydrogens is 290 g/mol. The van der Waals surface area contributed by atoms with E-state index in [9.17, 15) is 9.59 Å². The van der Waals surface area contributed by atoms with Crippen molar-refractivity contribution in [2.45, 2.75) is 12.8 Å². The highest BCUT2D eigenvalue weighted by Gasteiger charge is 2.06. The average Bonchev–Trinajstić information content (AvgIpc) is 2.57. The van der Waals surface area contributed by atoms with Crippen molar-refractivity contribution < 1.29 is 9.53 Å². The quantitative estimate of drug-likeness (QED) is 0.754. The number of nitrogens with one attached hydrogen (secondary N) is 1. The van der Waals surface area contributed by atoms with E-state index < -0.39 is 0 Å². The smallest absolute Gasteiger partial charge is 0.309 e. The van der Waals surface area contributed by atoms with Crippen LogP contribution in [0.2, 0.25) is 0 Å². The Morgan fingerprint density at radius 2 is 1.74 bits per heavy atom. The van der Waals surface area contributed by atoms with Crippen LogP contribution in [-0.4, -0.2) is 18.1 Å². The van der Waals surface area contributed by atoms with E-state index in [1.807, 2.05) is 54.6 Å². The Labute approximate surface area is 133 Å². The van der Waals surface area contributed by atoms with Crippen molar-refractivity contribution in [1.29, 1.82) is 0 Å². The molecule has 0 atom stereocenters. The highest BCUT2D eigenvalue weighted by molar-refractivity contribution is 5.78. The first kappa shape index (κ1) is 15.0. The molecule has 0 radical (unpaired) electrons. The van der Waals surface area contributed by atoms with Gasteiger partial charge in [-0.25, -0.2) is 0 Å². The molecule has 4 heteroatoms. The van der Waals surface area contributed by atoms with Crippen molar-refractivity contribution >= 4 is 16.9 Å². The number of aromatic amines is 1. The molecule has 1 aromatic heterocycles. The van der Waals surface area contributed by atoms with Crippen molar-refractivity contribution in [1.82, 2.24) is 4.98 Å². The van der Waals surface area contributed by atoms with Gasteiger partial charge in [0.1, 0.15) is 0 Å². The fourth-order valence-electron chi connectivity index (χ4n) is 2.56. The van der Waals surface area contributed by atoms with Gasteiger partial charge in [0.2, 0.25) is 0 Å². The molecule has 0 amide bonds. The van der Waals surface area contributed by atoms with E-state index in [2.05, 4.69) is 9.72 Å². The Balaban J connectivity index is 1.83. The van der Waals surface area contributed by atoms with Crippen LogP contribution >= 0.6 is 0 Å². The highest BCUT2D eigenvalue weighted by Crippen LogP contribution is 2.14. The minimum atomic E-state index is -0.260. The molecule has 0 aliphatic heterocycles. The molecule has 116 valence electrons. The Morgan fingerprint density at radius 3 is 2.48 bits per heavy atom. The predicted molar refractivity (Wildman–Crippen MR) is 89.5 cm³/mol. The topological polar surface area (TPSA) is 59.2 Å². The SMILES string of the molecule is COC(=O)Cc1ccc(Cc2cc3ccccc3[nH]c2=O)cc1. The van der Waals surface area contributed by atoms with E-state index in [1.165, 1.54) is 7.11 Å². The maximum absolute atomic E-state index is 12.2. The van der Waals surface area contributed by atoms with Gasteiger partial charge in [0, 0.05) is 17.5 Å². The number of hydrogen-bond donors (Lipinski definition) is 1. The summed E-state index contributed by atoms with van der Waals surface area (Å²) >= 11 is 0. The zero-order valence-corrected chi connectivity index (χ0v) is 12.8. The first-order chi connectivity index (χ1) is 11.2. The van der Waals surface area contributed by atoms with Crippen molar-refractivity contribution in [3.8, 4) is 0 Å². The van der Waals surface area contributed by atoms with Crippen LogP contribution in [0.5, 0.6) is 0 Å². The maximum atomic E-state index is 12.2. The van der Waals surface area contributed by atoms with Gasteiger partial charge in [-0.3, -0.25) is 9.59 Å². The van der Waals surface area contributed by atoms with Crippen LogP contribution in [0.4, 0.5) is 0 Å². The van der Waals surface area contributed by atoms with E-state index in [0.717, 1.165) is 27.6 Å². The predicted octanol–water partition coefficient (Wildman–Crippen LogP) is 2.83. The van der Waals surface area contributed by atoms with Crippen molar-refractivity contribution in [2.24, 2.45) is 0 Å². The summed E-state index contributed by atoms with van der Waals surface area (Å²) < 4.78 is 4.65. The summed E-state index contributed by atoms with van der Waals surface area (Å²) in [6, 6.07) is 17.3. The van der Waals surface area contributed by atoms with Gasteiger partial charge >= 0.3 is 5.97 Å². The molecule has 0 aliphatic carbocycles. The number of carbonyl (C=O) groups excluding carboxylic acids is 1. The highest BCUT2D eigenvalue weighted by atomic mass is 16.5. The lowest BCUT2D eigenvalue weighted by Gasteiger charge is -2.05. The van der Waals surface area contributed by atoms with Crippen LogP contribution in [0.3, 0.4) is 0 Å². The number of H-pyrrole nitrogens is 1. The molecule has 0 spiro atoms. The van der Waals surface area contributed by atoms with Crippen molar-refractivity contribution in [3.63, 3.8) is 0 Å². The van der Waals surface area contributed by atoms with E-state index in [1.54, 1.807) is 0 Å². The first-order valence-corrected chi connectivity index (χ1v) is 7.41. The second kappa shape index (κ2) is 6.48.